The van der Waals surface area contributed by atoms with E-state index in [2.05, 4.69) is 170 Å². The average molecular weight is 715 g/mol. The first-order valence-corrected chi connectivity index (χ1v) is 20.9. The normalized spacial score (nSPS) is 23.1. The zero-order valence-electron chi connectivity index (χ0n) is 31.5. The van der Waals surface area contributed by atoms with Crippen LogP contribution in [0.4, 0.5) is 0 Å². The van der Waals surface area contributed by atoms with Gasteiger partial charge in [-0.05, 0) is 167 Å². The molecule has 4 saturated carbocycles. The molecule has 9 aromatic rings. The Morgan fingerprint density at radius 2 is 0.804 bits per heavy atom. The first-order chi connectivity index (χ1) is 27.7. The maximum absolute atomic E-state index is 2.62. The van der Waals surface area contributed by atoms with E-state index in [9.17, 15) is 0 Å². The Labute approximate surface area is 328 Å². The molecule has 0 heteroatoms. The molecule has 0 aliphatic heterocycles. The molecule has 4 bridgehead atoms. The van der Waals surface area contributed by atoms with Crippen molar-refractivity contribution in [1.82, 2.24) is 0 Å². The maximum atomic E-state index is 2.62. The molecule has 0 aromatic heterocycles. The minimum absolute atomic E-state index is 0.146. The SMILES string of the molecule is c1ccc2cc(-c3ccc(-c4c5ccccc5c(-c5ccc6c(c5)-c5c(ccc7ccccc57)C65C6CC7CC(C6)CC5C7)c5ccccc45)cc3)ccc2c1. The van der Waals surface area contributed by atoms with E-state index in [-0.39, 0.29) is 5.41 Å². The molecular formula is C56H42. The van der Waals surface area contributed by atoms with Gasteiger partial charge in [-0.15, -0.1) is 0 Å². The van der Waals surface area contributed by atoms with Crippen molar-refractivity contribution >= 4 is 43.1 Å². The Hall–Kier alpha value is -5.98. The summed E-state index contributed by atoms with van der Waals surface area (Å²) >= 11 is 0. The van der Waals surface area contributed by atoms with E-state index in [0.717, 1.165) is 23.7 Å². The lowest BCUT2D eigenvalue weighted by Crippen LogP contribution is -2.55. The monoisotopic (exact) mass is 714 g/mol. The second-order valence-electron chi connectivity index (χ2n) is 17.6. The number of hydrogen-bond acceptors (Lipinski definition) is 0. The van der Waals surface area contributed by atoms with Crippen LogP contribution in [0.15, 0.2) is 170 Å². The molecule has 0 amide bonds. The van der Waals surface area contributed by atoms with E-state index in [4.69, 9.17) is 0 Å². The minimum atomic E-state index is 0.146. The predicted octanol–water partition coefficient (Wildman–Crippen LogP) is 15.0. The van der Waals surface area contributed by atoms with Crippen LogP contribution in [0.3, 0.4) is 0 Å². The van der Waals surface area contributed by atoms with Crippen molar-refractivity contribution < 1.29 is 0 Å². The van der Waals surface area contributed by atoms with Gasteiger partial charge in [0.05, 0.1) is 0 Å². The topological polar surface area (TPSA) is 0 Å². The first-order valence-electron chi connectivity index (χ1n) is 20.9. The Balaban J connectivity index is 1.01. The van der Waals surface area contributed by atoms with Crippen molar-refractivity contribution in [2.45, 2.75) is 37.5 Å². The van der Waals surface area contributed by atoms with Gasteiger partial charge >= 0.3 is 0 Å². The summed E-state index contributed by atoms with van der Waals surface area (Å²) in [6.07, 6.45) is 7.09. The smallest absolute Gasteiger partial charge is 0.0272 e. The highest BCUT2D eigenvalue weighted by molar-refractivity contribution is 6.21. The van der Waals surface area contributed by atoms with Crippen molar-refractivity contribution in [2.24, 2.45) is 23.7 Å². The second kappa shape index (κ2) is 11.5. The largest absolute Gasteiger partial charge is 0.0616 e. The molecule has 56 heavy (non-hydrogen) atoms. The molecule has 0 N–H and O–H groups in total. The number of hydrogen-bond donors (Lipinski definition) is 0. The lowest BCUT2D eigenvalue weighted by Gasteiger charge is -2.61. The van der Waals surface area contributed by atoms with Crippen LogP contribution in [0.2, 0.25) is 0 Å². The summed E-state index contributed by atoms with van der Waals surface area (Å²) in [5.41, 5.74) is 14.2. The average Bonchev–Trinajstić information content (AvgIpc) is 3.54. The van der Waals surface area contributed by atoms with Crippen molar-refractivity contribution in [1.29, 1.82) is 0 Å². The molecule has 0 atom stereocenters. The minimum Gasteiger partial charge on any atom is -0.0616 e. The molecule has 0 unspecified atom stereocenters. The summed E-state index contributed by atoms with van der Waals surface area (Å²) in [6.45, 7) is 0. The van der Waals surface area contributed by atoms with Crippen LogP contribution in [0.25, 0.3) is 87.6 Å². The highest BCUT2D eigenvalue weighted by atomic mass is 14.6. The van der Waals surface area contributed by atoms with Crippen LogP contribution in [0.1, 0.15) is 43.2 Å². The van der Waals surface area contributed by atoms with E-state index < -0.39 is 0 Å². The molecule has 9 aromatic carbocycles. The van der Waals surface area contributed by atoms with Gasteiger partial charge in [0.15, 0.2) is 0 Å². The van der Waals surface area contributed by atoms with Crippen molar-refractivity contribution in [2.75, 3.05) is 0 Å². The Morgan fingerprint density at radius 3 is 1.46 bits per heavy atom. The van der Waals surface area contributed by atoms with Crippen molar-refractivity contribution in [3.05, 3.63) is 181 Å². The fourth-order valence-electron chi connectivity index (χ4n) is 13.1. The van der Waals surface area contributed by atoms with E-state index in [1.807, 2.05) is 0 Å². The van der Waals surface area contributed by atoms with Crippen LogP contribution in [0, 0.1) is 23.7 Å². The van der Waals surface area contributed by atoms with Crippen molar-refractivity contribution in [3.63, 3.8) is 0 Å². The molecule has 4 fully saturated rings. The summed E-state index contributed by atoms with van der Waals surface area (Å²) in [5, 5.41) is 10.6. The third-order valence-corrected chi connectivity index (χ3v) is 15.0. The van der Waals surface area contributed by atoms with Crippen LogP contribution in [-0.2, 0) is 5.41 Å². The fraction of sp³-hybridized carbons (Fsp3) is 0.179. The molecular weight excluding hydrogens is 673 g/mol. The number of rotatable bonds is 3. The van der Waals surface area contributed by atoms with E-state index in [0.29, 0.717) is 0 Å². The lowest BCUT2D eigenvalue weighted by molar-refractivity contribution is -0.0399. The van der Waals surface area contributed by atoms with Crippen LogP contribution in [0.5, 0.6) is 0 Å². The third-order valence-electron chi connectivity index (χ3n) is 15.0. The summed E-state index contributed by atoms with van der Waals surface area (Å²) in [6, 6.07) is 64.9. The standard InChI is InChI=1S/C56H42/c1-2-11-40-32-41(22-19-36(40)9-1)37-17-20-39(21-18-37)53-46-13-5-7-15-48(46)54(49-16-8-6-14-47(49)53)42-24-25-51-50(33-42)55-45-12-4-3-10-38(45)23-26-52(55)56(51)43-28-34-27-35(30-43)31-44(56)29-34/h1-26,32-35,43-44H,27-31H2. The Bertz CT molecular complexity index is 3000. The lowest BCUT2D eigenvalue weighted by atomic mass is 9.43. The van der Waals surface area contributed by atoms with Crippen LogP contribution < -0.4 is 0 Å². The third kappa shape index (κ3) is 4.20. The Kier molecular flexibility index (Phi) is 6.43. The second-order valence-corrected chi connectivity index (χ2v) is 17.6. The first kappa shape index (κ1) is 31.2. The van der Waals surface area contributed by atoms with Crippen LogP contribution in [-0.4, -0.2) is 0 Å². The molecule has 0 nitrogen and oxygen atoms in total. The van der Waals surface area contributed by atoms with E-state index >= 15 is 0 Å². The van der Waals surface area contributed by atoms with Gasteiger partial charge in [0.25, 0.3) is 0 Å². The highest BCUT2D eigenvalue weighted by Crippen LogP contribution is 2.70. The van der Waals surface area contributed by atoms with Crippen LogP contribution >= 0.6 is 0 Å². The molecule has 266 valence electrons. The van der Waals surface area contributed by atoms with Gasteiger partial charge in [-0.3, -0.25) is 0 Å². The van der Waals surface area contributed by atoms with Gasteiger partial charge in [0.2, 0.25) is 0 Å². The van der Waals surface area contributed by atoms with E-state index in [1.165, 1.54) is 120 Å². The number of benzene rings is 9. The zero-order valence-corrected chi connectivity index (χ0v) is 31.5. The quantitative estimate of drug-likeness (QED) is 0.160. The zero-order chi connectivity index (χ0) is 36.5. The maximum Gasteiger partial charge on any atom is 0.0272 e. The van der Waals surface area contributed by atoms with Gasteiger partial charge in [-0.1, -0.05) is 158 Å². The summed E-state index contributed by atoms with van der Waals surface area (Å²) < 4.78 is 0. The van der Waals surface area contributed by atoms with Gasteiger partial charge in [0.1, 0.15) is 0 Å². The summed E-state index contributed by atoms with van der Waals surface area (Å²) in [7, 11) is 0. The molecule has 5 aliphatic carbocycles. The molecule has 14 rings (SSSR count). The fourth-order valence-corrected chi connectivity index (χ4v) is 13.1. The summed E-state index contributed by atoms with van der Waals surface area (Å²) in [5.74, 6) is 3.36. The van der Waals surface area contributed by atoms with Gasteiger partial charge < -0.3 is 0 Å². The number of fused-ring (bicyclic) bond motifs is 8. The molecule has 0 heterocycles. The van der Waals surface area contributed by atoms with Crippen molar-refractivity contribution in [3.8, 4) is 44.5 Å². The molecule has 0 saturated heterocycles. The molecule has 5 aliphatic rings. The van der Waals surface area contributed by atoms with Gasteiger partial charge in [0, 0.05) is 5.41 Å². The molecule has 0 radical (unpaired) electrons. The van der Waals surface area contributed by atoms with E-state index in [1.54, 1.807) is 11.1 Å². The Morgan fingerprint density at radius 1 is 0.321 bits per heavy atom. The molecule has 1 spiro atoms. The van der Waals surface area contributed by atoms with Gasteiger partial charge in [-0.2, -0.15) is 0 Å². The summed E-state index contributed by atoms with van der Waals surface area (Å²) in [4.78, 5) is 0. The highest BCUT2D eigenvalue weighted by Gasteiger charge is 2.61. The predicted molar refractivity (Wildman–Crippen MR) is 236 cm³/mol. The van der Waals surface area contributed by atoms with Gasteiger partial charge in [-0.25, -0.2) is 0 Å².